The smallest absolute Gasteiger partial charge is 0.328 e. The fraction of sp³-hybridized carbons (Fsp3) is 0.818. The first-order valence-electron chi connectivity index (χ1n) is 5.61. The molecule has 94 valence electrons. The quantitative estimate of drug-likeness (QED) is 0.648. The van der Waals surface area contributed by atoms with Crippen LogP contribution in [0.25, 0.3) is 0 Å². The lowest BCUT2D eigenvalue weighted by molar-refractivity contribution is -0.145. The highest BCUT2D eigenvalue weighted by Crippen LogP contribution is 2.06. The van der Waals surface area contributed by atoms with Crippen molar-refractivity contribution in [3.63, 3.8) is 0 Å². The molecule has 0 radical (unpaired) electrons. The van der Waals surface area contributed by atoms with E-state index < -0.39 is 18.1 Å². The second-order valence-electron chi connectivity index (χ2n) is 3.90. The molecule has 0 saturated carbocycles. The van der Waals surface area contributed by atoms with E-state index in [1.165, 1.54) is 7.11 Å². The summed E-state index contributed by atoms with van der Waals surface area (Å²) < 4.78 is 4.58. The van der Waals surface area contributed by atoms with Gasteiger partial charge in [0, 0.05) is 0 Å². The maximum Gasteiger partial charge on any atom is 0.328 e. The van der Waals surface area contributed by atoms with Crippen molar-refractivity contribution in [2.45, 2.75) is 45.7 Å². The molecular formula is C11H22N2O3. The third-order valence-corrected chi connectivity index (χ3v) is 2.77. The molecule has 0 fully saturated rings. The minimum atomic E-state index is -0.604. The minimum Gasteiger partial charge on any atom is -0.467 e. The molecule has 5 nitrogen and oxygen atoms in total. The maximum atomic E-state index is 11.7. The van der Waals surface area contributed by atoms with E-state index in [-0.39, 0.29) is 11.8 Å². The van der Waals surface area contributed by atoms with Gasteiger partial charge < -0.3 is 15.8 Å². The highest BCUT2D eigenvalue weighted by atomic mass is 16.5. The summed E-state index contributed by atoms with van der Waals surface area (Å²) in [5.41, 5.74) is 5.75. The second kappa shape index (κ2) is 7.22. The van der Waals surface area contributed by atoms with Gasteiger partial charge in [-0.05, 0) is 12.3 Å². The number of esters is 1. The summed E-state index contributed by atoms with van der Waals surface area (Å²) in [7, 11) is 1.30. The Morgan fingerprint density at radius 1 is 1.31 bits per heavy atom. The molecule has 0 rings (SSSR count). The molecule has 0 aromatic rings. The molecule has 3 unspecified atom stereocenters. The van der Waals surface area contributed by atoms with Gasteiger partial charge in [0.2, 0.25) is 5.91 Å². The standard InChI is InChI=1S/C11H22N2O3/c1-5-7(3)9(12)10(14)13-8(6-2)11(15)16-4/h7-9H,5-6,12H2,1-4H3,(H,13,14). The number of carbonyl (C=O) groups excluding carboxylic acids is 2. The summed E-state index contributed by atoms with van der Waals surface area (Å²) in [6, 6.07) is -1.18. The van der Waals surface area contributed by atoms with Crippen molar-refractivity contribution in [2.24, 2.45) is 11.7 Å². The van der Waals surface area contributed by atoms with Gasteiger partial charge in [-0.25, -0.2) is 4.79 Å². The normalized spacial score (nSPS) is 16.1. The molecule has 3 N–H and O–H groups in total. The third kappa shape index (κ3) is 4.18. The molecule has 0 bridgehead atoms. The van der Waals surface area contributed by atoms with Crippen molar-refractivity contribution in [1.29, 1.82) is 0 Å². The number of rotatable bonds is 6. The molecule has 5 heteroatoms. The average Bonchev–Trinajstić information content (AvgIpc) is 2.32. The molecule has 0 aromatic carbocycles. The molecule has 0 saturated heterocycles. The number of carbonyl (C=O) groups is 2. The van der Waals surface area contributed by atoms with Crippen molar-refractivity contribution < 1.29 is 14.3 Å². The van der Waals surface area contributed by atoms with Gasteiger partial charge >= 0.3 is 5.97 Å². The van der Waals surface area contributed by atoms with E-state index in [4.69, 9.17) is 5.73 Å². The topological polar surface area (TPSA) is 81.4 Å². The van der Waals surface area contributed by atoms with Crippen LogP contribution in [0.1, 0.15) is 33.6 Å². The van der Waals surface area contributed by atoms with Crippen LogP contribution in [0.2, 0.25) is 0 Å². The van der Waals surface area contributed by atoms with Gasteiger partial charge in [-0.2, -0.15) is 0 Å². The second-order valence-corrected chi connectivity index (χ2v) is 3.90. The lowest BCUT2D eigenvalue weighted by Gasteiger charge is -2.21. The highest BCUT2D eigenvalue weighted by molar-refractivity contribution is 5.87. The summed E-state index contributed by atoms with van der Waals surface area (Å²) in [6.07, 6.45) is 1.31. The van der Waals surface area contributed by atoms with Crippen LogP contribution in [0.4, 0.5) is 0 Å². The van der Waals surface area contributed by atoms with Crippen molar-refractivity contribution in [1.82, 2.24) is 5.32 Å². The number of nitrogens with one attached hydrogen (secondary N) is 1. The number of methoxy groups -OCH3 is 1. The lowest BCUT2D eigenvalue weighted by atomic mass is 9.99. The van der Waals surface area contributed by atoms with Gasteiger partial charge in [0.25, 0.3) is 0 Å². The zero-order valence-electron chi connectivity index (χ0n) is 10.4. The van der Waals surface area contributed by atoms with E-state index in [0.717, 1.165) is 6.42 Å². The Labute approximate surface area is 96.7 Å². The Morgan fingerprint density at radius 3 is 2.25 bits per heavy atom. The van der Waals surface area contributed by atoms with Crippen molar-refractivity contribution in [2.75, 3.05) is 7.11 Å². The van der Waals surface area contributed by atoms with Crippen molar-refractivity contribution >= 4 is 11.9 Å². The van der Waals surface area contributed by atoms with Crippen LogP contribution in [0.3, 0.4) is 0 Å². The first-order valence-corrected chi connectivity index (χ1v) is 5.61. The van der Waals surface area contributed by atoms with E-state index >= 15 is 0 Å². The number of hydrogen-bond acceptors (Lipinski definition) is 4. The van der Waals surface area contributed by atoms with Gasteiger partial charge in [-0.15, -0.1) is 0 Å². The number of nitrogens with two attached hydrogens (primary N) is 1. The predicted octanol–water partition coefficient (Wildman–Crippen LogP) is 0.428. The zero-order chi connectivity index (χ0) is 12.7. The van der Waals surface area contributed by atoms with E-state index in [2.05, 4.69) is 10.1 Å². The van der Waals surface area contributed by atoms with Crippen LogP contribution in [-0.4, -0.2) is 31.1 Å². The van der Waals surface area contributed by atoms with E-state index in [9.17, 15) is 9.59 Å². The van der Waals surface area contributed by atoms with Crippen molar-refractivity contribution in [3.05, 3.63) is 0 Å². The first-order chi connectivity index (χ1) is 7.47. The maximum absolute atomic E-state index is 11.7. The number of amides is 1. The van der Waals surface area contributed by atoms with Gasteiger partial charge in [-0.1, -0.05) is 27.2 Å². The number of hydrogen-bond donors (Lipinski definition) is 2. The molecule has 1 amide bonds. The monoisotopic (exact) mass is 230 g/mol. The Hall–Kier alpha value is -1.10. The molecule has 0 aromatic heterocycles. The van der Waals surface area contributed by atoms with Crippen molar-refractivity contribution in [3.8, 4) is 0 Å². The Bertz CT molecular complexity index is 243. The van der Waals surface area contributed by atoms with Crippen LogP contribution in [0.15, 0.2) is 0 Å². The van der Waals surface area contributed by atoms with E-state index in [0.29, 0.717) is 6.42 Å². The van der Waals surface area contributed by atoms with Crippen LogP contribution in [-0.2, 0) is 14.3 Å². The van der Waals surface area contributed by atoms with Crippen LogP contribution < -0.4 is 11.1 Å². The van der Waals surface area contributed by atoms with E-state index in [1.54, 1.807) is 6.92 Å². The van der Waals surface area contributed by atoms with Gasteiger partial charge in [-0.3, -0.25) is 4.79 Å². The van der Waals surface area contributed by atoms with Gasteiger partial charge in [0.1, 0.15) is 6.04 Å². The summed E-state index contributed by atoms with van der Waals surface area (Å²) in [4.78, 5) is 23.0. The molecule has 0 heterocycles. The lowest BCUT2D eigenvalue weighted by Crippen LogP contribution is -2.50. The predicted molar refractivity (Wildman–Crippen MR) is 61.7 cm³/mol. The third-order valence-electron chi connectivity index (χ3n) is 2.77. The molecule has 3 atom stereocenters. The summed E-state index contributed by atoms with van der Waals surface area (Å²) >= 11 is 0. The molecular weight excluding hydrogens is 208 g/mol. The van der Waals surface area contributed by atoms with Crippen LogP contribution in [0, 0.1) is 5.92 Å². The molecule has 16 heavy (non-hydrogen) atoms. The summed E-state index contributed by atoms with van der Waals surface area (Å²) in [6.45, 7) is 5.68. The largest absolute Gasteiger partial charge is 0.467 e. The van der Waals surface area contributed by atoms with Crippen LogP contribution >= 0.6 is 0 Å². The Morgan fingerprint density at radius 2 is 1.88 bits per heavy atom. The molecule has 0 aliphatic carbocycles. The zero-order valence-corrected chi connectivity index (χ0v) is 10.4. The van der Waals surface area contributed by atoms with Gasteiger partial charge in [0.05, 0.1) is 13.2 Å². The minimum absolute atomic E-state index is 0.0927. The highest BCUT2D eigenvalue weighted by Gasteiger charge is 2.25. The average molecular weight is 230 g/mol. The summed E-state index contributed by atoms with van der Waals surface area (Å²) in [5.74, 6) is -0.644. The molecule has 0 spiro atoms. The molecule has 0 aliphatic heterocycles. The number of ether oxygens (including phenoxy) is 1. The van der Waals surface area contributed by atoms with E-state index in [1.807, 2.05) is 13.8 Å². The molecule has 0 aliphatic rings. The first kappa shape index (κ1) is 14.9. The van der Waals surface area contributed by atoms with Crippen LogP contribution in [0.5, 0.6) is 0 Å². The Kier molecular flexibility index (Phi) is 6.72. The Balaban J connectivity index is 4.35. The fourth-order valence-corrected chi connectivity index (χ4v) is 1.25. The van der Waals surface area contributed by atoms with Gasteiger partial charge in [0.15, 0.2) is 0 Å². The SMILES string of the molecule is CCC(NC(=O)C(N)C(C)CC)C(=O)OC. The summed E-state index contributed by atoms with van der Waals surface area (Å²) in [5, 5.41) is 2.59. The fourth-order valence-electron chi connectivity index (χ4n) is 1.25.